The maximum absolute atomic E-state index is 12.8. The van der Waals surface area contributed by atoms with Gasteiger partial charge in [0, 0.05) is 19.3 Å². The molecule has 9 atom stereocenters. The lowest BCUT2D eigenvalue weighted by atomic mass is 9.47. The summed E-state index contributed by atoms with van der Waals surface area (Å²) in [6.45, 7) is 7.68. The van der Waals surface area contributed by atoms with Gasteiger partial charge in [-0.1, -0.05) is 25.5 Å². The number of fused-ring (bicyclic) bond motifs is 5. The van der Waals surface area contributed by atoms with Gasteiger partial charge in [0.15, 0.2) is 0 Å². The van der Waals surface area contributed by atoms with Crippen molar-refractivity contribution in [1.82, 2.24) is 0 Å². The molecule has 0 radical (unpaired) electrons. The molecule has 0 aromatic carbocycles. The molecule has 3 saturated carbocycles. The van der Waals surface area contributed by atoms with Crippen molar-refractivity contribution in [3.63, 3.8) is 0 Å². The van der Waals surface area contributed by atoms with Crippen LogP contribution in [0.15, 0.2) is 11.6 Å². The van der Waals surface area contributed by atoms with Gasteiger partial charge in [-0.15, -0.1) is 0 Å². The summed E-state index contributed by atoms with van der Waals surface area (Å²) in [5, 5.41) is 9.68. The van der Waals surface area contributed by atoms with E-state index in [0.29, 0.717) is 17.8 Å². The van der Waals surface area contributed by atoms with E-state index in [9.17, 15) is 19.6 Å². The number of esters is 1. The molecular weight excluding hydrogens is 404 g/mol. The Hall–Kier alpha value is -2.16. The van der Waals surface area contributed by atoms with Gasteiger partial charge < -0.3 is 10.5 Å². The first-order valence-electron chi connectivity index (χ1n) is 12.1. The van der Waals surface area contributed by atoms with Crippen molar-refractivity contribution in [3.05, 3.63) is 11.6 Å². The Bertz CT molecular complexity index is 904. The van der Waals surface area contributed by atoms with Crippen molar-refractivity contribution in [2.45, 2.75) is 78.7 Å². The molecule has 0 unspecified atom stereocenters. The number of hydrogen-bond acceptors (Lipinski definition) is 5. The molecule has 0 aromatic heterocycles. The highest BCUT2D eigenvalue weighted by atomic mass is 16.5. The first kappa shape index (κ1) is 23.0. The maximum atomic E-state index is 12.8. The number of primary amides is 1. The Morgan fingerprint density at radius 2 is 1.91 bits per heavy atom. The van der Waals surface area contributed by atoms with E-state index in [0.717, 1.165) is 44.9 Å². The first-order chi connectivity index (χ1) is 15.0. The number of ketones is 1. The second-order valence-electron chi connectivity index (χ2n) is 11.3. The second kappa shape index (κ2) is 8.01. The number of ether oxygens (including phenoxy) is 1. The van der Waals surface area contributed by atoms with Gasteiger partial charge in [-0.3, -0.25) is 14.4 Å². The predicted molar refractivity (Wildman–Crippen MR) is 119 cm³/mol. The van der Waals surface area contributed by atoms with E-state index in [4.69, 9.17) is 10.5 Å². The third-order valence-electron chi connectivity index (χ3n) is 9.81. The van der Waals surface area contributed by atoms with Crippen LogP contribution in [-0.4, -0.2) is 23.8 Å². The topological polar surface area (TPSA) is 110 Å². The monoisotopic (exact) mass is 440 g/mol. The Morgan fingerprint density at radius 1 is 1.19 bits per heavy atom. The molecule has 32 heavy (non-hydrogen) atoms. The first-order valence-corrected chi connectivity index (χ1v) is 12.1. The molecule has 6 heteroatoms. The van der Waals surface area contributed by atoms with E-state index < -0.39 is 11.8 Å². The van der Waals surface area contributed by atoms with Crippen LogP contribution in [0.4, 0.5) is 0 Å². The molecule has 174 valence electrons. The van der Waals surface area contributed by atoms with Crippen LogP contribution in [0.25, 0.3) is 0 Å². The standard InChI is InChI=1S/C26H36N2O4/c1-14(29)23-19(20(13-27)24(28)31)12-22-18-6-5-16-11-17(32-15(2)30)7-9-25(16,3)21(18)8-10-26(22,23)4/h5,17-23H,6-12H2,1-4H3,(H2,28,31)/t17-,18-,19+,20-,21+,22+,23+,25+,26+/m1/s1. The van der Waals surface area contributed by atoms with Crippen LogP contribution >= 0.6 is 0 Å². The molecule has 0 heterocycles. The zero-order valence-electron chi connectivity index (χ0n) is 19.7. The van der Waals surface area contributed by atoms with Gasteiger partial charge in [-0.25, -0.2) is 0 Å². The molecule has 1 amide bonds. The Morgan fingerprint density at radius 3 is 2.50 bits per heavy atom. The van der Waals surface area contributed by atoms with Crippen LogP contribution in [0.2, 0.25) is 0 Å². The summed E-state index contributed by atoms with van der Waals surface area (Å²) in [5.74, 6) is -0.971. The molecule has 0 aliphatic heterocycles. The average Bonchev–Trinajstić information content (AvgIpc) is 3.01. The number of hydrogen-bond donors (Lipinski definition) is 1. The van der Waals surface area contributed by atoms with Gasteiger partial charge in [0.2, 0.25) is 5.91 Å². The number of carbonyl (C=O) groups excluding carboxylic acids is 3. The van der Waals surface area contributed by atoms with E-state index in [1.807, 2.05) is 0 Å². The maximum Gasteiger partial charge on any atom is 0.302 e. The number of rotatable bonds is 4. The van der Waals surface area contributed by atoms with Gasteiger partial charge in [0.1, 0.15) is 17.8 Å². The van der Waals surface area contributed by atoms with Crippen LogP contribution in [0.3, 0.4) is 0 Å². The number of nitriles is 1. The number of carbonyl (C=O) groups is 3. The fourth-order valence-electron chi connectivity index (χ4n) is 8.52. The van der Waals surface area contributed by atoms with E-state index in [1.165, 1.54) is 12.5 Å². The lowest BCUT2D eigenvalue weighted by molar-refractivity contribution is -0.149. The van der Waals surface area contributed by atoms with Crippen LogP contribution in [0.1, 0.15) is 72.6 Å². The third-order valence-corrected chi connectivity index (χ3v) is 9.81. The minimum absolute atomic E-state index is 0.0258. The predicted octanol–water partition coefficient (Wildman–Crippen LogP) is 3.94. The lowest BCUT2D eigenvalue weighted by Gasteiger charge is -2.58. The summed E-state index contributed by atoms with van der Waals surface area (Å²) in [5.41, 5.74) is 6.90. The Kier molecular flexibility index (Phi) is 5.76. The number of nitrogens with two attached hydrogens (primary N) is 1. The molecular formula is C26H36N2O4. The average molecular weight is 441 g/mol. The summed E-state index contributed by atoms with van der Waals surface area (Å²) in [6, 6.07) is 2.12. The SMILES string of the molecule is CC(=O)O[C@@H]1CC[C@@]2(C)C(=CC[C@H]3[C@@H]4C[C@@H]([C@@H](C#N)C(N)=O)[C@H](C(C)=O)[C@@]4(C)CC[C@@H]32)C1. The molecule has 6 nitrogen and oxygen atoms in total. The van der Waals surface area contributed by atoms with Gasteiger partial charge >= 0.3 is 5.97 Å². The van der Waals surface area contributed by atoms with Crippen LogP contribution in [0, 0.1) is 57.7 Å². The van der Waals surface area contributed by atoms with Crippen molar-refractivity contribution in [2.75, 3.05) is 0 Å². The molecule has 0 aromatic rings. The number of nitrogens with zero attached hydrogens (tertiary/aromatic N) is 1. The fraction of sp³-hybridized carbons (Fsp3) is 0.769. The van der Waals surface area contributed by atoms with E-state index in [-0.39, 0.29) is 40.5 Å². The van der Waals surface area contributed by atoms with Gasteiger partial charge in [0.05, 0.1) is 6.07 Å². The molecule has 2 N–H and O–H groups in total. The summed E-state index contributed by atoms with van der Waals surface area (Å²) >= 11 is 0. The van der Waals surface area contributed by atoms with Crippen LogP contribution in [-0.2, 0) is 19.1 Å². The van der Waals surface area contributed by atoms with Crippen molar-refractivity contribution in [3.8, 4) is 6.07 Å². The molecule has 4 aliphatic rings. The normalized spacial score (nSPS) is 43.5. The smallest absolute Gasteiger partial charge is 0.302 e. The van der Waals surface area contributed by atoms with Gasteiger partial charge in [-0.05, 0) is 80.0 Å². The van der Waals surface area contributed by atoms with E-state index in [1.54, 1.807) is 6.92 Å². The Labute approximate surface area is 190 Å². The quantitative estimate of drug-likeness (QED) is 0.526. The highest BCUT2D eigenvalue weighted by Gasteiger charge is 2.63. The van der Waals surface area contributed by atoms with Crippen molar-refractivity contribution >= 4 is 17.7 Å². The van der Waals surface area contributed by atoms with Crippen LogP contribution in [0.5, 0.6) is 0 Å². The summed E-state index contributed by atoms with van der Waals surface area (Å²) < 4.78 is 5.53. The zero-order valence-corrected chi connectivity index (χ0v) is 19.7. The summed E-state index contributed by atoms with van der Waals surface area (Å²) in [4.78, 5) is 36.3. The molecule has 0 bridgehead atoms. The highest BCUT2D eigenvalue weighted by molar-refractivity contribution is 5.84. The fourth-order valence-corrected chi connectivity index (χ4v) is 8.52. The van der Waals surface area contributed by atoms with E-state index >= 15 is 0 Å². The lowest BCUT2D eigenvalue weighted by Crippen LogP contribution is -2.51. The molecule has 3 fully saturated rings. The van der Waals surface area contributed by atoms with Crippen LogP contribution < -0.4 is 5.73 Å². The van der Waals surface area contributed by atoms with Gasteiger partial charge in [-0.2, -0.15) is 5.26 Å². The second-order valence-corrected chi connectivity index (χ2v) is 11.3. The van der Waals surface area contributed by atoms with Gasteiger partial charge in [0.25, 0.3) is 0 Å². The minimum atomic E-state index is -0.908. The number of allylic oxidation sites excluding steroid dienone is 1. The zero-order chi connectivity index (χ0) is 23.4. The van der Waals surface area contributed by atoms with Crippen molar-refractivity contribution in [1.29, 1.82) is 5.26 Å². The third kappa shape index (κ3) is 3.40. The Balaban J connectivity index is 1.65. The summed E-state index contributed by atoms with van der Waals surface area (Å²) in [7, 11) is 0. The molecule has 0 spiro atoms. The molecule has 4 aliphatic carbocycles. The summed E-state index contributed by atoms with van der Waals surface area (Å²) in [6.07, 6.45) is 8.71. The molecule has 0 saturated heterocycles. The molecule has 4 rings (SSSR count). The number of amides is 1. The number of Topliss-reactive ketones (excluding diaryl/α,β-unsaturated/α-hetero) is 1. The highest BCUT2D eigenvalue weighted by Crippen LogP contribution is 2.68. The van der Waals surface area contributed by atoms with Crippen molar-refractivity contribution < 1.29 is 19.1 Å². The minimum Gasteiger partial charge on any atom is -0.462 e. The van der Waals surface area contributed by atoms with Crippen molar-refractivity contribution in [2.24, 2.45) is 52.1 Å². The van der Waals surface area contributed by atoms with E-state index in [2.05, 4.69) is 26.0 Å². The largest absolute Gasteiger partial charge is 0.462 e.